The highest BCUT2D eigenvalue weighted by Gasteiger charge is 2.56. The first kappa shape index (κ1) is 15.6. The smallest absolute Gasteiger partial charge is 0.155 e. The van der Waals surface area contributed by atoms with Gasteiger partial charge in [-0.05, 0) is 75.2 Å². The van der Waals surface area contributed by atoms with Crippen LogP contribution in [0.15, 0.2) is 23.3 Å². The number of allylic oxidation sites excluding steroid dienone is 3. The van der Waals surface area contributed by atoms with Gasteiger partial charge in [-0.25, -0.2) is 0 Å². The number of carbonyl (C=O) groups excluding carboxylic acids is 1. The van der Waals surface area contributed by atoms with Crippen molar-refractivity contribution < 1.29 is 9.90 Å². The number of rotatable bonds is 0. The van der Waals surface area contributed by atoms with Gasteiger partial charge in [-0.1, -0.05) is 31.1 Å². The highest BCUT2D eigenvalue weighted by Crippen LogP contribution is 2.62. The quantitative estimate of drug-likeness (QED) is 0.671. The van der Waals surface area contributed by atoms with Crippen molar-refractivity contribution in [3.8, 4) is 0 Å². The van der Waals surface area contributed by atoms with Crippen LogP contribution >= 0.6 is 0 Å². The molecule has 0 bridgehead atoms. The van der Waals surface area contributed by atoms with Crippen molar-refractivity contribution >= 4 is 5.78 Å². The van der Waals surface area contributed by atoms with Gasteiger partial charge in [0.25, 0.3) is 0 Å². The highest BCUT2D eigenvalue weighted by molar-refractivity contribution is 5.91. The second-order valence-corrected chi connectivity index (χ2v) is 9.04. The van der Waals surface area contributed by atoms with Crippen LogP contribution in [0, 0.1) is 29.1 Å². The predicted octanol–water partition coefficient (Wildman–Crippen LogP) is 4.44. The summed E-state index contributed by atoms with van der Waals surface area (Å²) in [5, 5.41) is 11.1. The van der Waals surface area contributed by atoms with E-state index in [4.69, 9.17) is 0 Å². The van der Waals surface area contributed by atoms with Gasteiger partial charge >= 0.3 is 0 Å². The van der Waals surface area contributed by atoms with Crippen molar-refractivity contribution in [1.82, 2.24) is 0 Å². The molecule has 4 aliphatic rings. The first-order valence-corrected chi connectivity index (χ1v) is 9.50. The molecule has 0 aromatic carbocycles. The van der Waals surface area contributed by atoms with Gasteiger partial charge in [-0.2, -0.15) is 0 Å². The standard InChI is InChI=1S/C21H30O2/c1-13-11-14-12-15(22)6-7-16(14)17-8-10-20(2)18(19(13)17)5-4-9-21(20,3)23/h5,12-13,16-17,19,23H,4,6-11H2,1-3H3/t13-,16+,17-,19-,20+,21+/m1/s1. The molecule has 2 heteroatoms. The van der Waals surface area contributed by atoms with E-state index in [1.54, 1.807) is 5.57 Å². The molecule has 0 amide bonds. The SMILES string of the molecule is C[C@@H]1CC2=CC(=O)CC[C@@H]2[C@H]2CC[C@@]3(C)C(=CCC[C@]3(C)O)[C@@H]21. The molecule has 23 heavy (non-hydrogen) atoms. The minimum absolute atomic E-state index is 0.0492. The van der Waals surface area contributed by atoms with Gasteiger partial charge in [-0.15, -0.1) is 0 Å². The maximum Gasteiger partial charge on any atom is 0.155 e. The number of hydrogen-bond acceptors (Lipinski definition) is 2. The molecule has 6 atom stereocenters. The molecule has 0 saturated heterocycles. The molecule has 0 radical (unpaired) electrons. The molecule has 0 spiro atoms. The van der Waals surface area contributed by atoms with E-state index in [2.05, 4.69) is 26.8 Å². The van der Waals surface area contributed by atoms with Crippen molar-refractivity contribution in [3.63, 3.8) is 0 Å². The lowest BCUT2D eigenvalue weighted by atomic mass is 9.47. The maximum atomic E-state index is 11.8. The third kappa shape index (κ3) is 2.13. The van der Waals surface area contributed by atoms with Crippen LogP contribution in [0.5, 0.6) is 0 Å². The third-order valence-electron chi connectivity index (χ3n) is 7.83. The number of aliphatic hydroxyl groups is 1. The summed E-state index contributed by atoms with van der Waals surface area (Å²) in [6, 6.07) is 0. The average molecular weight is 314 g/mol. The zero-order valence-corrected chi connectivity index (χ0v) is 14.8. The van der Waals surface area contributed by atoms with Gasteiger partial charge in [0.15, 0.2) is 5.78 Å². The number of carbonyl (C=O) groups is 1. The van der Waals surface area contributed by atoms with Crippen LogP contribution in [0.25, 0.3) is 0 Å². The Balaban J connectivity index is 1.74. The van der Waals surface area contributed by atoms with E-state index in [0.717, 1.165) is 38.5 Å². The fraction of sp³-hybridized carbons (Fsp3) is 0.762. The lowest BCUT2D eigenvalue weighted by molar-refractivity contribution is -0.116. The number of hydrogen-bond donors (Lipinski definition) is 1. The lowest BCUT2D eigenvalue weighted by Crippen LogP contribution is -2.55. The van der Waals surface area contributed by atoms with Crippen LogP contribution in [0.4, 0.5) is 0 Å². The van der Waals surface area contributed by atoms with Crippen molar-refractivity contribution in [2.75, 3.05) is 0 Å². The van der Waals surface area contributed by atoms with E-state index in [-0.39, 0.29) is 5.41 Å². The monoisotopic (exact) mass is 314 g/mol. The second-order valence-electron chi connectivity index (χ2n) is 9.04. The molecular weight excluding hydrogens is 284 g/mol. The average Bonchev–Trinajstić information content (AvgIpc) is 2.47. The van der Waals surface area contributed by atoms with Crippen LogP contribution in [-0.4, -0.2) is 16.5 Å². The minimum atomic E-state index is -0.569. The molecule has 2 fully saturated rings. The normalized spacial score (nSPS) is 49.5. The predicted molar refractivity (Wildman–Crippen MR) is 91.9 cm³/mol. The van der Waals surface area contributed by atoms with E-state index < -0.39 is 5.60 Å². The van der Waals surface area contributed by atoms with Crippen LogP contribution in [-0.2, 0) is 4.79 Å². The van der Waals surface area contributed by atoms with E-state index in [9.17, 15) is 9.90 Å². The van der Waals surface area contributed by atoms with Gasteiger partial charge in [0.05, 0.1) is 5.60 Å². The van der Waals surface area contributed by atoms with E-state index in [1.165, 1.54) is 12.0 Å². The van der Waals surface area contributed by atoms with Crippen LogP contribution < -0.4 is 0 Å². The van der Waals surface area contributed by atoms with Crippen molar-refractivity contribution in [3.05, 3.63) is 23.3 Å². The first-order chi connectivity index (χ1) is 10.8. The maximum absolute atomic E-state index is 11.8. The second kappa shape index (κ2) is 5.05. The fourth-order valence-electron chi connectivity index (χ4n) is 6.35. The molecule has 2 saturated carbocycles. The van der Waals surface area contributed by atoms with Gasteiger partial charge in [0.2, 0.25) is 0 Å². The van der Waals surface area contributed by atoms with Gasteiger partial charge in [0.1, 0.15) is 0 Å². The van der Waals surface area contributed by atoms with Gasteiger partial charge < -0.3 is 5.11 Å². The summed E-state index contributed by atoms with van der Waals surface area (Å²) >= 11 is 0. The molecule has 4 aliphatic carbocycles. The summed E-state index contributed by atoms with van der Waals surface area (Å²) < 4.78 is 0. The Kier molecular flexibility index (Phi) is 3.43. The molecule has 0 aromatic rings. The topological polar surface area (TPSA) is 37.3 Å². The van der Waals surface area contributed by atoms with E-state index >= 15 is 0 Å². The first-order valence-electron chi connectivity index (χ1n) is 9.50. The van der Waals surface area contributed by atoms with E-state index in [0.29, 0.717) is 29.5 Å². The summed E-state index contributed by atoms with van der Waals surface area (Å²) in [7, 11) is 0. The minimum Gasteiger partial charge on any atom is -0.389 e. The van der Waals surface area contributed by atoms with Gasteiger partial charge in [0, 0.05) is 11.8 Å². The number of fused-ring (bicyclic) bond motifs is 5. The molecule has 1 N–H and O–H groups in total. The summed E-state index contributed by atoms with van der Waals surface area (Å²) in [6.45, 7) is 6.72. The Morgan fingerprint density at radius 3 is 2.78 bits per heavy atom. The Labute approximate surface area is 140 Å². The van der Waals surface area contributed by atoms with Crippen LogP contribution in [0.1, 0.15) is 65.7 Å². The molecule has 126 valence electrons. The zero-order valence-electron chi connectivity index (χ0n) is 14.8. The van der Waals surface area contributed by atoms with Crippen molar-refractivity contribution in [2.24, 2.45) is 29.1 Å². The molecular formula is C21H30O2. The molecule has 0 unspecified atom stereocenters. The largest absolute Gasteiger partial charge is 0.389 e. The lowest BCUT2D eigenvalue weighted by Gasteiger charge is -2.59. The summed E-state index contributed by atoms with van der Waals surface area (Å²) in [4.78, 5) is 11.8. The zero-order chi connectivity index (χ0) is 16.4. The van der Waals surface area contributed by atoms with Crippen molar-refractivity contribution in [1.29, 1.82) is 0 Å². The Bertz CT molecular complexity index is 597. The molecule has 2 nitrogen and oxygen atoms in total. The molecule has 4 rings (SSSR count). The summed E-state index contributed by atoms with van der Waals surface area (Å²) in [5.41, 5.74) is 2.36. The molecule has 0 aliphatic heterocycles. The Morgan fingerprint density at radius 2 is 2.00 bits per heavy atom. The van der Waals surface area contributed by atoms with Gasteiger partial charge in [-0.3, -0.25) is 4.79 Å². The van der Waals surface area contributed by atoms with Crippen LogP contribution in [0.2, 0.25) is 0 Å². The Morgan fingerprint density at radius 1 is 1.22 bits per heavy atom. The molecule has 0 aromatic heterocycles. The third-order valence-corrected chi connectivity index (χ3v) is 7.83. The Hall–Kier alpha value is -0.890. The summed E-state index contributed by atoms with van der Waals surface area (Å²) in [5.74, 6) is 2.84. The summed E-state index contributed by atoms with van der Waals surface area (Å²) in [6.07, 6.45) is 11.5. The number of ketones is 1. The van der Waals surface area contributed by atoms with Crippen molar-refractivity contribution in [2.45, 2.75) is 71.3 Å². The molecule has 0 heterocycles. The van der Waals surface area contributed by atoms with E-state index in [1.807, 2.05) is 6.08 Å². The fourth-order valence-corrected chi connectivity index (χ4v) is 6.35. The van der Waals surface area contributed by atoms with Crippen LogP contribution in [0.3, 0.4) is 0 Å². The highest BCUT2D eigenvalue weighted by atomic mass is 16.3.